The van der Waals surface area contributed by atoms with Crippen molar-refractivity contribution in [3.05, 3.63) is 0 Å². The molecule has 0 aromatic rings. The van der Waals surface area contributed by atoms with E-state index in [1.54, 1.807) is 0 Å². The van der Waals surface area contributed by atoms with E-state index in [-0.39, 0.29) is 12.5 Å². The van der Waals surface area contributed by atoms with Crippen LogP contribution in [0.4, 0.5) is 4.79 Å². The van der Waals surface area contributed by atoms with Crippen LogP contribution in [0.25, 0.3) is 0 Å². The molecule has 1 aliphatic rings. The summed E-state index contributed by atoms with van der Waals surface area (Å²) in [6.07, 6.45) is 4.19. The predicted molar refractivity (Wildman–Crippen MR) is 75.6 cm³/mol. The van der Waals surface area contributed by atoms with Gasteiger partial charge in [0.2, 0.25) is 0 Å². The Labute approximate surface area is 120 Å². The Kier molecular flexibility index (Phi) is 7.36. The third-order valence-corrected chi connectivity index (χ3v) is 3.49. The second kappa shape index (κ2) is 8.79. The first-order chi connectivity index (χ1) is 9.47. The second-order valence-electron chi connectivity index (χ2n) is 5.56. The zero-order chi connectivity index (χ0) is 15.0. The molecule has 1 fully saturated rings. The zero-order valence-electron chi connectivity index (χ0n) is 12.4. The molecule has 1 aliphatic heterocycles. The summed E-state index contributed by atoms with van der Waals surface area (Å²) in [5, 5.41) is 13.9. The van der Waals surface area contributed by atoms with Crippen LogP contribution in [0.5, 0.6) is 0 Å². The molecule has 20 heavy (non-hydrogen) atoms. The molecule has 2 amide bonds. The Hall–Kier alpha value is -1.30. The van der Waals surface area contributed by atoms with Crippen LogP contribution >= 0.6 is 0 Å². The summed E-state index contributed by atoms with van der Waals surface area (Å²) in [7, 11) is 0. The average molecular weight is 286 g/mol. The number of carbonyl (C=O) groups excluding carboxylic acids is 1. The quantitative estimate of drug-likeness (QED) is 0.622. The van der Waals surface area contributed by atoms with E-state index in [4.69, 9.17) is 9.84 Å². The summed E-state index contributed by atoms with van der Waals surface area (Å²) in [5.74, 6) is -0.240. The maximum Gasteiger partial charge on any atom is 0.314 e. The van der Waals surface area contributed by atoms with Crippen molar-refractivity contribution in [1.82, 2.24) is 10.6 Å². The molecule has 0 spiro atoms. The van der Waals surface area contributed by atoms with Gasteiger partial charge < -0.3 is 20.5 Å². The molecule has 2 atom stereocenters. The van der Waals surface area contributed by atoms with Gasteiger partial charge in [-0.3, -0.25) is 4.79 Å². The van der Waals surface area contributed by atoms with Crippen molar-refractivity contribution in [3.63, 3.8) is 0 Å². The highest BCUT2D eigenvalue weighted by Crippen LogP contribution is 2.26. The van der Waals surface area contributed by atoms with Crippen molar-refractivity contribution in [1.29, 1.82) is 0 Å². The molecule has 0 bridgehead atoms. The van der Waals surface area contributed by atoms with Crippen molar-refractivity contribution in [2.45, 2.75) is 58.2 Å². The van der Waals surface area contributed by atoms with Crippen molar-refractivity contribution in [2.24, 2.45) is 5.92 Å². The zero-order valence-corrected chi connectivity index (χ0v) is 12.4. The summed E-state index contributed by atoms with van der Waals surface area (Å²) < 4.78 is 5.68. The maximum absolute atomic E-state index is 11.5. The van der Waals surface area contributed by atoms with E-state index in [1.165, 1.54) is 0 Å². The summed E-state index contributed by atoms with van der Waals surface area (Å²) in [6.45, 7) is 5.22. The SMILES string of the molecule is CC1CC(CCNC(=O)NCCCC(=O)O)CC(C)O1. The van der Waals surface area contributed by atoms with Crippen LogP contribution in [-0.4, -0.2) is 42.4 Å². The Morgan fingerprint density at radius 1 is 1.15 bits per heavy atom. The number of urea groups is 1. The largest absolute Gasteiger partial charge is 0.481 e. The molecule has 1 rings (SSSR count). The van der Waals surface area contributed by atoms with Crippen LogP contribution in [0.1, 0.15) is 46.0 Å². The fourth-order valence-electron chi connectivity index (χ4n) is 2.67. The normalized spacial score (nSPS) is 26.0. The first-order valence-electron chi connectivity index (χ1n) is 7.36. The number of carboxylic acids is 1. The van der Waals surface area contributed by atoms with Gasteiger partial charge in [0.15, 0.2) is 0 Å². The topological polar surface area (TPSA) is 87.7 Å². The van der Waals surface area contributed by atoms with E-state index in [9.17, 15) is 9.59 Å². The number of nitrogens with one attached hydrogen (secondary N) is 2. The summed E-state index contributed by atoms with van der Waals surface area (Å²) in [4.78, 5) is 21.8. The van der Waals surface area contributed by atoms with Gasteiger partial charge in [-0.2, -0.15) is 0 Å². The van der Waals surface area contributed by atoms with E-state index in [0.29, 0.717) is 37.6 Å². The van der Waals surface area contributed by atoms with Gasteiger partial charge in [0.1, 0.15) is 0 Å². The molecular formula is C14H26N2O4. The van der Waals surface area contributed by atoms with Crippen molar-refractivity contribution in [3.8, 4) is 0 Å². The maximum atomic E-state index is 11.5. The number of carboxylic acid groups (broad SMARTS) is 1. The number of carbonyl (C=O) groups is 2. The standard InChI is InChI=1S/C14H26N2O4/c1-10-8-12(9-11(2)20-10)5-7-16-14(19)15-6-3-4-13(17)18/h10-12H,3-9H2,1-2H3,(H,17,18)(H2,15,16,19). The van der Waals surface area contributed by atoms with Crippen LogP contribution < -0.4 is 10.6 Å². The average Bonchev–Trinajstić information content (AvgIpc) is 2.33. The number of ether oxygens (including phenoxy) is 1. The van der Waals surface area contributed by atoms with Gasteiger partial charge in [-0.25, -0.2) is 4.79 Å². The van der Waals surface area contributed by atoms with Crippen LogP contribution in [0, 0.1) is 5.92 Å². The predicted octanol–water partition coefficient (Wildman–Crippen LogP) is 1.74. The molecule has 1 heterocycles. The van der Waals surface area contributed by atoms with Gasteiger partial charge >= 0.3 is 12.0 Å². The Morgan fingerprint density at radius 2 is 1.75 bits per heavy atom. The van der Waals surface area contributed by atoms with Gasteiger partial charge in [-0.1, -0.05) is 0 Å². The van der Waals surface area contributed by atoms with Gasteiger partial charge in [-0.05, 0) is 45.4 Å². The number of rotatable bonds is 7. The summed E-state index contributed by atoms with van der Waals surface area (Å²) in [6, 6.07) is -0.219. The van der Waals surface area contributed by atoms with E-state index < -0.39 is 5.97 Å². The molecule has 1 saturated heterocycles. The smallest absolute Gasteiger partial charge is 0.314 e. The van der Waals surface area contributed by atoms with E-state index >= 15 is 0 Å². The molecular weight excluding hydrogens is 260 g/mol. The Balaban J connectivity index is 2.05. The Bertz CT molecular complexity index is 312. The number of aliphatic carboxylic acids is 1. The minimum absolute atomic E-state index is 0.0815. The fourth-order valence-corrected chi connectivity index (χ4v) is 2.67. The number of amides is 2. The minimum Gasteiger partial charge on any atom is -0.481 e. The molecule has 116 valence electrons. The highest BCUT2D eigenvalue weighted by Gasteiger charge is 2.23. The van der Waals surface area contributed by atoms with Gasteiger partial charge in [0.25, 0.3) is 0 Å². The molecule has 3 N–H and O–H groups in total. The first-order valence-corrected chi connectivity index (χ1v) is 7.36. The van der Waals surface area contributed by atoms with Crippen LogP contribution in [0.3, 0.4) is 0 Å². The van der Waals surface area contributed by atoms with E-state index in [2.05, 4.69) is 24.5 Å². The van der Waals surface area contributed by atoms with Crippen LogP contribution in [0.15, 0.2) is 0 Å². The molecule has 2 unspecified atom stereocenters. The lowest BCUT2D eigenvalue weighted by molar-refractivity contribution is -0.137. The number of hydrogen-bond donors (Lipinski definition) is 3. The lowest BCUT2D eigenvalue weighted by Crippen LogP contribution is -2.38. The van der Waals surface area contributed by atoms with Crippen molar-refractivity contribution < 1.29 is 19.4 Å². The van der Waals surface area contributed by atoms with Crippen molar-refractivity contribution in [2.75, 3.05) is 13.1 Å². The van der Waals surface area contributed by atoms with Crippen LogP contribution in [-0.2, 0) is 9.53 Å². The molecule has 0 aromatic heterocycles. The molecule has 0 radical (unpaired) electrons. The monoisotopic (exact) mass is 286 g/mol. The first kappa shape index (κ1) is 16.8. The lowest BCUT2D eigenvalue weighted by Gasteiger charge is -2.32. The Morgan fingerprint density at radius 3 is 2.35 bits per heavy atom. The van der Waals surface area contributed by atoms with Gasteiger partial charge in [0, 0.05) is 19.5 Å². The van der Waals surface area contributed by atoms with Crippen molar-refractivity contribution >= 4 is 12.0 Å². The molecule has 0 aliphatic carbocycles. The third-order valence-electron chi connectivity index (χ3n) is 3.49. The van der Waals surface area contributed by atoms with E-state index in [1.807, 2.05) is 0 Å². The summed E-state index contributed by atoms with van der Waals surface area (Å²) in [5.41, 5.74) is 0. The molecule has 0 aromatic carbocycles. The highest BCUT2D eigenvalue weighted by molar-refractivity contribution is 5.73. The second-order valence-corrected chi connectivity index (χ2v) is 5.56. The van der Waals surface area contributed by atoms with Gasteiger partial charge in [0.05, 0.1) is 12.2 Å². The number of hydrogen-bond acceptors (Lipinski definition) is 3. The lowest BCUT2D eigenvalue weighted by atomic mass is 9.90. The molecule has 0 saturated carbocycles. The fraction of sp³-hybridized carbons (Fsp3) is 0.857. The van der Waals surface area contributed by atoms with Crippen LogP contribution in [0.2, 0.25) is 0 Å². The third kappa shape index (κ3) is 7.33. The highest BCUT2D eigenvalue weighted by atomic mass is 16.5. The molecule has 6 heteroatoms. The summed E-state index contributed by atoms with van der Waals surface area (Å²) >= 11 is 0. The van der Waals surface area contributed by atoms with E-state index in [0.717, 1.165) is 19.3 Å². The molecule has 6 nitrogen and oxygen atoms in total. The minimum atomic E-state index is -0.838. The van der Waals surface area contributed by atoms with Gasteiger partial charge in [-0.15, -0.1) is 0 Å².